The van der Waals surface area contributed by atoms with Gasteiger partial charge in [-0.2, -0.15) is 0 Å². The highest BCUT2D eigenvalue weighted by atomic mass is 16.5. The fourth-order valence-corrected chi connectivity index (χ4v) is 3.00. The maximum absolute atomic E-state index is 12.3. The Balaban J connectivity index is 1.40. The smallest absolute Gasteiger partial charge is 0.243 e. The van der Waals surface area contributed by atoms with Crippen molar-refractivity contribution in [3.05, 3.63) is 71.8 Å². The molecule has 136 valence electrons. The van der Waals surface area contributed by atoms with E-state index in [2.05, 4.69) is 10.6 Å². The molecule has 5 heteroatoms. The first-order valence-corrected chi connectivity index (χ1v) is 8.99. The Morgan fingerprint density at radius 1 is 0.731 bits per heavy atom. The summed E-state index contributed by atoms with van der Waals surface area (Å²) >= 11 is 0. The molecule has 2 aromatic rings. The van der Waals surface area contributed by atoms with Gasteiger partial charge in [-0.25, -0.2) is 0 Å². The second-order valence-corrected chi connectivity index (χ2v) is 6.47. The summed E-state index contributed by atoms with van der Waals surface area (Å²) in [6, 6.07) is 18.8. The van der Waals surface area contributed by atoms with Gasteiger partial charge in [0.2, 0.25) is 11.8 Å². The summed E-state index contributed by atoms with van der Waals surface area (Å²) in [5.41, 5.74) is 2.25. The Bertz CT molecular complexity index is 719. The minimum atomic E-state index is -0.522. The van der Waals surface area contributed by atoms with Crippen molar-refractivity contribution < 1.29 is 14.3 Å². The number of carbonyl (C=O) groups excluding carboxylic acids is 2. The van der Waals surface area contributed by atoms with Crippen LogP contribution in [0.15, 0.2) is 60.7 Å². The molecule has 5 nitrogen and oxygen atoms in total. The summed E-state index contributed by atoms with van der Waals surface area (Å²) in [5, 5.41) is 5.66. The van der Waals surface area contributed by atoms with Crippen LogP contribution in [0.2, 0.25) is 0 Å². The molecule has 0 saturated carbocycles. The van der Waals surface area contributed by atoms with Crippen LogP contribution in [0.1, 0.15) is 24.0 Å². The molecule has 3 rings (SSSR count). The lowest BCUT2D eigenvalue weighted by atomic mass is 10.0. The van der Waals surface area contributed by atoms with Crippen molar-refractivity contribution >= 4 is 11.8 Å². The number of nitrogens with one attached hydrogen (secondary N) is 2. The van der Waals surface area contributed by atoms with Crippen LogP contribution in [-0.4, -0.2) is 30.5 Å². The lowest BCUT2D eigenvalue weighted by molar-refractivity contribution is -0.137. The number of hydrogen-bond acceptors (Lipinski definition) is 3. The lowest BCUT2D eigenvalue weighted by Gasteiger charge is -2.29. The molecule has 1 aliphatic heterocycles. The van der Waals surface area contributed by atoms with Crippen LogP contribution in [0.3, 0.4) is 0 Å². The lowest BCUT2D eigenvalue weighted by Crippen LogP contribution is -2.61. The zero-order chi connectivity index (χ0) is 18.2. The first-order valence-electron chi connectivity index (χ1n) is 8.99. The molecule has 0 bridgehead atoms. The van der Waals surface area contributed by atoms with E-state index in [0.717, 1.165) is 17.5 Å². The van der Waals surface area contributed by atoms with Crippen LogP contribution in [0.5, 0.6) is 0 Å². The summed E-state index contributed by atoms with van der Waals surface area (Å²) in [7, 11) is 0. The molecule has 1 saturated heterocycles. The van der Waals surface area contributed by atoms with Gasteiger partial charge in [-0.3, -0.25) is 9.59 Å². The summed E-state index contributed by atoms with van der Waals surface area (Å²) < 4.78 is 5.61. The number of piperazine rings is 1. The molecule has 1 unspecified atom stereocenters. The van der Waals surface area contributed by atoms with Crippen LogP contribution in [0.25, 0.3) is 0 Å². The van der Waals surface area contributed by atoms with Crippen molar-refractivity contribution in [1.82, 2.24) is 10.6 Å². The number of ether oxygens (including phenoxy) is 1. The van der Waals surface area contributed by atoms with Gasteiger partial charge in [0.15, 0.2) is 0 Å². The van der Waals surface area contributed by atoms with Crippen molar-refractivity contribution in [3.63, 3.8) is 0 Å². The SMILES string of the molecule is O=C1N[C@@H](CCc2ccccc2)C(=O)NC1CCOCc1ccccc1. The molecule has 2 aromatic carbocycles. The quantitative estimate of drug-likeness (QED) is 0.716. The van der Waals surface area contributed by atoms with Gasteiger partial charge < -0.3 is 15.4 Å². The maximum atomic E-state index is 12.3. The fraction of sp³-hybridized carbons (Fsp3) is 0.333. The van der Waals surface area contributed by atoms with E-state index in [9.17, 15) is 9.59 Å². The second-order valence-electron chi connectivity index (χ2n) is 6.47. The van der Waals surface area contributed by atoms with Gasteiger partial charge in [0.25, 0.3) is 0 Å². The number of carbonyl (C=O) groups is 2. The van der Waals surface area contributed by atoms with Crippen molar-refractivity contribution in [2.45, 2.75) is 38.0 Å². The third-order valence-corrected chi connectivity index (χ3v) is 4.49. The first kappa shape index (κ1) is 18.1. The van der Waals surface area contributed by atoms with Crippen molar-refractivity contribution in [1.29, 1.82) is 0 Å². The van der Waals surface area contributed by atoms with E-state index in [1.165, 1.54) is 0 Å². The maximum Gasteiger partial charge on any atom is 0.243 e. The van der Waals surface area contributed by atoms with Gasteiger partial charge in [-0.15, -0.1) is 0 Å². The van der Waals surface area contributed by atoms with E-state index >= 15 is 0 Å². The first-order chi connectivity index (χ1) is 12.7. The Labute approximate surface area is 153 Å². The normalized spacial score (nSPS) is 19.7. The monoisotopic (exact) mass is 352 g/mol. The number of amides is 2. The highest BCUT2D eigenvalue weighted by molar-refractivity contribution is 5.96. The second kappa shape index (κ2) is 9.15. The highest BCUT2D eigenvalue weighted by Gasteiger charge is 2.32. The average molecular weight is 352 g/mol. The van der Waals surface area contributed by atoms with E-state index in [4.69, 9.17) is 4.74 Å². The van der Waals surface area contributed by atoms with Gasteiger partial charge in [-0.1, -0.05) is 60.7 Å². The predicted molar refractivity (Wildman–Crippen MR) is 99.3 cm³/mol. The number of rotatable bonds is 8. The standard InChI is InChI=1S/C21H24N2O3/c24-20-18(12-11-16-7-3-1-4-8-16)22-21(25)19(23-20)13-14-26-15-17-9-5-2-6-10-17/h1-10,18-19H,11-15H2,(H,22,25)(H,23,24)/t18-,19?/m0/s1. The molecule has 0 spiro atoms. The summed E-state index contributed by atoms with van der Waals surface area (Å²) in [4.78, 5) is 24.5. The molecule has 2 atom stereocenters. The van der Waals surface area contributed by atoms with Gasteiger partial charge in [0.05, 0.1) is 6.61 Å². The zero-order valence-electron chi connectivity index (χ0n) is 14.7. The van der Waals surface area contributed by atoms with E-state index < -0.39 is 12.1 Å². The summed E-state index contributed by atoms with van der Waals surface area (Å²) in [5.74, 6) is -0.250. The number of hydrogen-bond donors (Lipinski definition) is 2. The molecule has 0 aromatic heterocycles. The van der Waals surface area contributed by atoms with Crippen LogP contribution in [-0.2, 0) is 27.4 Å². The molecule has 1 fully saturated rings. The van der Waals surface area contributed by atoms with E-state index in [1.807, 2.05) is 60.7 Å². The van der Waals surface area contributed by atoms with Crippen molar-refractivity contribution in [2.24, 2.45) is 0 Å². The molecular weight excluding hydrogens is 328 g/mol. The minimum Gasteiger partial charge on any atom is -0.377 e. The van der Waals surface area contributed by atoms with Crippen LogP contribution in [0, 0.1) is 0 Å². The molecule has 2 amide bonds. The van der Waals surface area contributed by atoms with Crippen molar-refractivity contribution in [3.8, 4) is 0 Å². The number of benzene rings is 2. The molecule has 2 N–H and O–H groups in total. The van der Waals surface area contributed by atoms with Crippen LogP contribution < -0.4 is 10.6 Å². The minimum absolute atomic E-state index is 0.117. The van der Waals surface area contributed by atoms with E-state index in [1.54, 1.807) is 0 Å². The third kappa shape index (κ3) is 5.17. The van der Waals surface area contributed by atoms with E-state index in [0.29, 0.717) is 26.1 Å². The van der Waals surface area contributed by atoms with E-state index in [-0.39, 0.29) is 11.8 Å². The summed E-state index contributed by atoms with van der Waals surface area (Å²) in [6.45, 7) is 0.921. The molecular formula is C21H24N2O3. The van der Waals surface area contributed by atoms with Gasteiger partial charge in [0.1, 0.15) is 12.1 Å². The van der Waals surface area contributed by atoms with Crippen LogP contribution in [0.4, 0.5) is 0 Å². The Morgan fingerprint density at radius 2 is 1.27 bits per heavy atom. The van der Waals surface area contributed by atoms with Gasteiger partial charge in [0, 0.05) is 6.61 Å². The Hall–Kier alpha value is -2.66. The highest BCUT2D eigenvalue weighted by Crippen LogP contribution is 2.10. The Morgan fingerprint density at radius 3 is 1.88 bits per heavy atom. The topological polar surface area (TPSA) is 67.4 Å². The molecule has 0 radical (unpaired) electrons. The predicted octanol–water partition coefficient (Wildman–Crippen LogP) is 2.21. The third-order valence-electron chi connectivity index (χ3n) is 4.49. The van der Waals surface area contributed by atoms with Crippen LogP contribution >= 0.6 is 0 Å². The Kier molecular flexibility index (Phi) is 6.39. The zero-order valence-corrected chi connectivity index (χ0v) is 14.7. The molecule has 1 heterocycles. The molecule has 26 heavy (non-hydrogen) atoms. The summed E-state index contributed by atoms with van der Waals surface area (Å²) in [6.07, 6.45) is 1.82. The molecule has 1 aliphatic rings. The molecule has 0 aliphatic carbocycles. The number of aryl methyl sites for hydroxylation is 1. The van der Waals surface area contributed by atoms with Gasteiger partial charge >= 0.3 is 0 Å². The fourth-order valence-electron chi connectivity index (χ4n) is 3.00. The average Bonchev–Trinajstić information content (AvgIpc) is 2.68. The van der Waals surface area contributed by atoms with Crippen molar-refractivity contribution in [2.75, 3.05) is 6.61 Å². The van der Waals surface area contributed by atoms with Gasteiger partial charge in [-0.05, 0) is 30.4 Å². The largest absolute Gasteiger partial charge is 0.377 e.